The molecule has 0 radical (unpaired) electrons. The van der Waals surface area contributed by atoms with E-state index in [1.54, 1.807) is 4.90 Å². The summed E-state index contributed by atoms with van der Waals surface area (Å²) in [5.74, 6) is 0.996. The second kappa shape index (κ2) is 7.70. The SMILES string of the molecule is O=C(NC[C@H]1COc2ccccc2O1)[C@H]1CC(=O)N(Cc2ccccc2)C1. The Bertz CT molecular complexity index is 824. The van der Waals surface area contributed by atoms with Gasteiger partial charge >= 0.3 is 0 Å². The van der Waals surface area contributed by atoms with Gasteiger partial charge in [-0.3, -0.25) is 9.59 Å². The Balaban J connectivity index is 1.27. The fourth-order valence-corrected chi connectivity index (χ4v) is 3.43. The number of nitrogens with one attached hydrogen (secondary N) is 1. The van der Waals surface area contributed by atoms with Crippen LogP contribution in [0.25, 0.3) is 0 Å². The smallest absolute Gasteiger partial charge is 0.225 e. The molecule has 0 saturated carbocycles. The molecule has 2 aliphatic rings. The molecule has 0 bridgehead atoms. The van der Waals surface area contributed by atoms with Crippen LogP contribution < -0.4 is 14.8 Å². The molecule has 2 aliphatic heterocycles. The third-order valence-corrected chi connectivity index (χ3v) is 4.87. The van der Waals surface area contributed by atoms with Crippen LogP contribution in [0.15, 0.2) is 54.6 Å². The van der Waals surface area contributed by atoms with E-state index in [0.29, 0.717) is 32.0 Å². The minimum absolute atomic E-state index is 0.0187. The third-order valence-electron chi connectivity index (χ3n) is 4.87. The first-order valence-electron chi connectivity index (χ1n) is 9.17. The summed E-state index contributed by atoms with van der Waals surface area (Å²) in [6.45, 7) is 1.74. The monoisotopic (exact) mass is 366 g/mol. The normalized spacial score (nSPS) is 21.2. The maximum absolute atomic E-state index is 12.5. The fraction of sp³-hybridized carbons (Fsp3) is 0.333. The van der Waals surface area contributed by atoms with Gasteiger partial charge in [0.15, 0.2) is 11.5 Å². The number of nitrogens with zero attached hydrogens (tertiary/aromatic N) is 1. The zero-order chi connectivity index (χ0) is 18.6. The number of rotatable bonds is 5. The lowest BCUT2D eigenvalue weighted by Gasteiger charge is -2.26. The molecule has 2 amide bonds. The zero-order valence-electron chi connectivity index (χ0n) is 15.0. The number of hydrogen-bond acceptors (Lipinski definition) is 4. The van der Waals surface area contributed by atoms with Crippen molar-refractivity contribution in [2.45, 2.75) is 19.1 Å². The first kappa shape index (κ1) is 17.4. The number of fused-ring (bicyclic) bond motifs is 1. The highest BCUT2D eigenvalue weighted by molar-refractivity contribution is 5.89. The highest BCUT2D eigenvalue weighted by atomic mass is 16.6. The van der Waals surface area contributed by atoms with Gasteiger partial charge in [-0.2, -0.15) is 0 Å². The summed E-state index contributed by atoms with van der Waals surface area (Å²) in [7, 11) is 0. The van der Waals surface area contributed by atoms with Gasteiger partial charge in [0.2, 0.25) is 11.8 Å². The first-order valence-corrected chi connectivity index (χ1v) is 9.17. The number of hydrogen-bond donors (Lipinski definition) is 1. The number of amides is 2. The Labute approximate surface area is 158 Å². The van der Waals surface area contributed by atoms with Gasteiger partial charge in [-0.15, -0.1) is 0 Å². The van der Waals surface area contributed by atoms with Gasteiger partial charge in [0.25, 0.3) is 0 Å². The molecular formula is C21H22N2O4. The lowest BCUT2D eigenvalue weighted by molar-refractivity contribution is -0.129. The van der Waals surface area contributed by atoms with Gasteiger partial charge in [-0.25, -0.2) is 0 Å². The molecule has 1 saturated heterocycles. The maximum atomic E-state index is 12.5. The summed E-state index contributed by atoms with van der Waals surface area (Å²) in [5, 5.41) is 2.91. The molecule has 1 N–H and O–H groups in total. The van der Waals surface area contributed by atoms with Crippen molar-refractivity contribution in [1.29, 1.82) is 0 Å². The number of benzene rings is 2. The Morgan fingerprint density at radius 1 is 1.07 bits per heavy atom. The van der Waals surface area contributed by atoms with Gasteiger partial charge in [-0.05, 0) is 17.7 Å². The van der Waals surface area contributed by atoms with E-state index in [1.807, 2.05) is 54.6 Å². The van der Waals surface area contributed by atoms with E-state index in [0.717, 1.165) is 11.3 Å². The second-order valence-electron chi connectivity index (χ2n) is 6.90. The van der Waals surface area contributed by atoms with Gasteiger partial charge in [0.1, 0.15) is 12.7 Å². The van der Waals surface area contributed by atoms with E-state index in [1.165, 1.54) is 0 Å². The average molecular weight is 366 g/mol. The molecule has 6 heteroatoms. The molecule has 140 valence electrons. The molecule has 6 nitrogen and oxygen atoms in total. The molecule has 4 rings (SSSR count). The molecule has 1 fully saturated rings. The van der Waals surface area contributed by atoms with E-state index >= 15 is 0 Å². The Morgan fingerprint density at radius 2 is 1.81 bits per heavy atom. The largest absolute Gasteiger partial charge is 0.486 e. The molecule has 0 unspecified atom stereocenters. The number of likely N-dealkylation sites (tertiary alicyclic amines) is 1. The van der Waals surface area contributed by atoms with E-state index < -0.39 is 0 Å². The lowest BCUT2D eigenvalue weighted by Crippen LogP contribution is -2.43. The zero-order valence-corrected chi connectivity index (χ0v) is 15.0. The number of carbonyl (C=O) groups excluding carboxylic acids is 2. The van der Waals surface area contributed by atoms with Crippen LogP contribution in [0.3, 0.4) is 0 Å². The van der Waals surface area contributed by atoms with Gasteiger partial charge in [0, 0.05) is 19.5 Å². The summed E-state index contributed by atoms with van der Waals surface area (Å²) in [6, 6.07) is 17.3. The molecule has 2 heterocycles. The summed E-state index contributed by atoms with van der Waals surface area (Å²) >= 11 is 0. The number of para-hydroxylation sites is 2. The van der Waals surface area contributed by atoms with E-state index in [4.69, 9.17) is 9.47 Å². The van der Waals surface area contributed by atoms with Crippen molar-refractivity contribution in [3.63, 3.8) is 0 Å². The van der Waals surface area contributed by atoms with Gasteiger partial charge < -0.3 is 19.7 Å². The Morgan fingerprint density at radius 3 is 2.63 bits per heavy atom. The molecular weight excluding hydrogens is 344 g/mol. The summed E-state index contributed by atoms with van der Waals surface area (Å²) in [4.78, 5) is 26.5. The molecule has 0 aromatic heterocycles. The Hall–Kier alpha value is -3.02. The molecule has 0 spiro atoms. The minimum atomic E-state index is -0.321. The van der Waals surface area contributed by atoms with Crippen LogP contribution in [0.2, 0.25) is 0 Å². The summed E-state index contributed by atoms with van der Waals surface area (Å²) < 4.78 is 11.5. The van der Waals surface area contributed by atoms with Crippen LogP contribution in [0, 0.1) is 5.92 Å². The highest BCUT2D eigenvalue weighted by Crippen LogP contribution is 2.30. The van der Waals surface area contributed by atoms with Gasteiger partial charge in [-0.1, -0.05) is 42.5 Å². The van der Waals surface area contributed by atoms with E-state index in [2.05, 4.69) is 5.32 Å². The Kier molecular flexibility index (Phi) is 4.96. The van der Waals surface area contributed by atoms with E-state index in [9.17, 15) is 9.59 Å². The molecule has 2 aromatic rings. The van der Waals surface area contributed by atoms with E-state index in [-0.39, 0.29) is 30.3 Å². The van der Waals surface area contributed by atoms with Crippen molar-refractivity contribution in [2.75, 3.05) is 19.7 Å². The minimum Gasteiger partial charge on any atom is -0.486 e. The van der Waals surface area contributed by atoms with Crippen molar-refractivity contribution >= 4 is 11.8 Å². The molecule has 27 heavy (non-hydrogen) atoms. The van der Waals surface area contributed by atoms with Crippen molar-refractivity contribution < 1.29 is 19.1 Å². The van der Waals surface area contributed by atoms with Crippen LogP contribution in [0.5, 0.6) is 11.5 Å². The predicted molar refractivity (Wildman–Crippen MR) is 99.3 cm³/mol. The van der Waals surface area contributed by atoms with Crippen LogP contribution in [-0.2, 0) is 16.1 Å². The predicted octanol–water partition coefficient (Wildman–Crippen LogP) is 1.99. The van der Waals surface area contributed by atoms with Crippen LogP contribution in [0.4, 0.5) is 0 Å². The fourth-order valence-electron chi connectivity index (χ4n) is 3.43. The first-order chi connectivity index (χ1) is 13.2. The number of carbonyl (C=O) groups is 2. The van der Waals surface area contributed by atoms with Crippen LogP contribution in [0.1, 0.15) is 12.0 Å². The second-order valence-corrected chi connectivity index (χ2v) is 6.90. The standard InChI is InChI=1S/C21H22N2O4/c24-20-10-16(13-23(20)12-15-6-2-1-3-7-15)21(25)22-11-17-14-26-18-8-4-5-9-19(18)27-17/h1-9,16-17H,10-14H2,(H,22,25)/t16-,17-/m0/s1. The summed E-state index contributed by atoms with van der Waals surface area (Å²) in [6.07, 6.45) is 0.0187. The topological polar surface area (TPSA) is 67.9 Å². The highest BCUT2D eigenvalue weighted by Gasteiger charge is 2.34. The third kappa shape index (κ3) is 4.05. The van der Waals surface area contributed by atoms with Crippen molar-refractivity contribution in [1.82, 2.24) is 10.2 Å². The van der Waals surface area contributed by atoms with Crippen molar-refractivity contribution in [3.05, 3.63) is 60.2 Å². The quantitative estimate of drug-likeness (QED) is 0.879. The molecule has 2 aromatic carbocycles. The number of ether oxygens (including phenoxy) is 2. The van der Waals surface area contributed by atoms with Crippen molar-refractivity contribution in [2.24, 2.45) is 5.92 Å². The summed E-state index contributed by atoms with van der Waals surface area (Å²) in [5.41, 5.74) is 1.07. The van der Waals surface area contributed by atoms with Crippen LogP contribution in [-0.4, -0.2) is 42.5 Å². The molecule has 0 aliphatic carbocycles. The lowest BCUT2D eigenvalue weighted by atomic mass is 10.1. The van der Waals surface area contributed by atoms with Gasteiger partial charge in [0.05, 0.1) is 12.5 Å². The molecule has 2 atom stereocenters. The van der Waals surface area contributed by atoms with Crippen molar-refractivity contribution in [3.8, 4) is 11.5 Å². The van der Waals surface area contributed by atoms with Crippen LogP contribution >= 0.6 is 0 Å². The average Bonchev–Trinajstić information content (AvgIpc) is 3.07. The maximum Gasteiger partial charge on any atom is 0.225 e.